The minimum Gasteiger partial charge on any atom is -0.296 e. The topological polar surface area (TPSA) is 30.2 Å². The lowest BCUT2D eigenvalue weighted by Gasteiger charge is -2.44. The van der Waals surface area contributed by atoms with Crippen LogP contribution in [0.1, 0.15) is 84.8 Å². The van der Waals surface area contributed by atoms with Crippen molar-refractivity contribution in [2.75, 3.05) is 0 Å². The quantitative estimate of drug-likeness (QED) is 0.304. The number of fused-ring (bicyclic) bond motifs is 6. The molecule has 1 aliphatic carbocycles. The van der Waals surface area contributed by atoms with E-state index in [1.165, 1.54) is 22.3 Å². The molecule has 4 aromatic rings. The van der Waals surface area contributed by atoms with Gasteiger partial charge in [-0.25, -0.2) is 4.98 Å². The minimum atomic E-state index is 0.0269. The molecule has 0 aliphatic heterocycles. The molecule has 3 heteroatoms. The maximum atomic E-state index is 5.16. The summed E-state index contributed by atoms with van der Waals surface area (Å²) in [6.07, 6.45) is 0. The largest absolute Gasteiger partial charge is 0.296 e. The van der Waals surface area contributed by atoms with Crippen LogP contribution in [0.15, 0.2) is 30.3 Å². The number of aromatic nitrogens is 3. The Morgan fingerprint density at radius 3 is 2.00 bits per heavy atom. The Morgan fingerprint density at radius 2 is 1.39 bits per heavy atom. The van der Waals surface area contributed by atoms with Crippen molar-refractivity contribution < 1.29 is 0 Å². The van der Waals surface area contributed by atoms with Crippen LogP contribution in [-0.2, 0) is 16.2 Å². The van der Waals surface area contributed by atoms with Crippen molar-refractivity contribution in [3.05, 3.63) is 52.8 Å². The molecule has 0 saturated heterocycles. The number of pyridine rings is 2. The van der Waals surface area contributed by atoms with E-state index < -0.39 is 0 Å². The summed E-state index contributed by atoms with van der Waals surface area (Å²) in [5, 5.41) is 1.12. The summed E-state index contributed by atoms with van der Waals surface area (Å²) >= 11 is 0. The Balaban J connectivity index is 1.87. The van der Waals surface area contributed by atoms with Gasteiger partial charge in [-0.3, -0.25) is 9.38 Å². The van der Waals surface area contributed by atoms with Crippen molar-refractivity contribution >= 4 is 27.6 Å². The Bertz CT molecular complexity index is 1390. The van der Waals surface area contributed by atoms with Crippen molar-refractivity contribution in [3.63, 3.8) is 0 Å². The van der Waals surface area contributed by atoms with Gasteiger partial charge in [0.2, 0.25) is 0 Å². The lowest BCUT2D eigenvalue weighted by molar-refractivity contribution is 0.125. The monoisotopic (exact) mass is 413 g/mol. The number of benzene rings is 1. The zero-order chi connectivity index (χ0) is 22.7. The second-order valence-electron chi connectivity index (χ2n) is 12.2. The summed E-state index contributed by atoms with van der Waals surface area (Å²) in [4.78, 5) is 10.2. The normalized spacial score (nSPS) is 19.4. The Kier molecular flexibility index (Phi) is 3.75. The molecule has 1 aliphatic rings. The van der Waals surface area contributed by atoms with Crippen LogP contribution in [0.2, 0.25) is 0 Å². The lowest BCUT2D eigenvalue weighted by Crippen LogP contribution is -2.42. The van der Waals surface area contributed by atoms with E-state index in [-0.39, 0.29) is 21.7 Å². The van der Waals surface area contributed by atoms with Crippen LogP contribution in [0.5, 0.6) is 0 Å². The van der Waals surface area contributed by atoms with Crippen LogP contribution in [0, 0.1) is 12.3 Å². The molecule has 5 rings (SSSR count). The molecule has 31 heavy (non-hydrogen) atoms. The van der Waals surface area contributed by atoms with Crippen molar-refractivity contribution in [1.29, 1.82) is 0 Å². The number of imidazole rings is 1. The molecule has 0 fully saturated rings. The van der Waals surface area contributed by atoms with E-state index in [1.807, 2.05) is 0 Å². The van der Waals surface area contributed by atoms with Gasteiger partial charge in [-0.2, -0.15) is 0 Å². The van der Waals surface area contributed by atoms with E-state index in [2.05, 4.69) is 104 Å². The summed E-state index contributed by atoms with van der Waals surface area (Å²) in [6, 6.07) is 11.3. The molecule has 162 valence electrons. The van der Waals surface area contributed by atoms with Crippen molar-refractivity contribution in [2.45, 2.75) is 85.5 Å². The molecule has 1 aromatic carbocycles. The molecule has 0 bridgehead atoms. The summed E-state index contributed by atoms with van der Waals surface area (Å²) < 4.78 is 2.32. The highest BCUT2D eigenvalue weighted by Gasteiger charge is 2.56. The predicted octanol–water partition coefficient (Wildman–Crippen LogP) is 7.24. The number of rotatable bonds is 0. The first-order valence-corrected chi connectivity index (χ1v) is 11.5. The summed E-state index contributed by atoms with van der Waals surface area (Å²) in [5.74, 6) is 0. The van der Waals surface area contributed by atoms with Gasteiger partial charge in [0.25, 0.3) is 0 Å². The van der Waals surface area contributed by atoms with E-state index in [0.717, 1.165) is 27.8 Å². The maximum absolute atomic E-state index is 5.16. The first-order chi connectivity index (χ1) is 14.2. The molecular formula is C28H35N3. The van der Waals surface area contributed by atoms with Gasteiger partial charge >= 0.3 is 0 Å². The number of nitrogens with zero attached hydrogens (tertiary/aromatic N) is 3. The zero-order valence-corrected chi connectivity index (χ0v) is 20.7. The Morgan fingerprint density at radius 1 is 0.774 bits per heavy atom. The molecule has 3 aromatic heterocycles. The maximum Gasteiger partial charge on any atom is 0.147 e. The van der Waals surface area contributed by atoms with Crippen LogP contribution in [0.25, 0.3) is 27.6 Å². The highest BCUT2D eigenvalue weighted by atomic mass is 15.0. The minimum absolute atomic E-state index is 0.0269. The van der Waals surface area contributed by atoms with E-state index in [9.17, 15) is 0 Å². The van der Waals surface area contributed by atoms with Gasteiger partial charge in [0, 0.05) is 22.2 Å². The molecule has 0 N–H and O–H groups in total. The van der Waals surface area contributed by atoms with Gasteiger partial charge in [-0.05, 0) is 64.6 Å². The molecule has 0 unspecified atom stereocenters. The number of hydrogen-bond acceptors (Lipinski definition) is 2. The Labute approximate surface area is 185 Å². The molecule has 3 nitrogen and oxygen atoms in total. The molecule has 0 radical (unpaired) electrons. The van der Waals surface area contributed by atoms with Crippen molar-refractivity contribution in [3.8, 4) is 0 Å². The highest BCUT2D eigenvalue weighted by Crippen LogP contribution is 2.61. The SMILES string of the molecule is Cc1cc2nc(C(C)(C)C)ccc2c2nc3cc4c(cc3n12)C(C)(C)C(C)(C)C4(C)C. The number of hydrogen-bond donors (Lipinski definition) is 0. The predicted molar refractivity (Wildman–Crippen MR) is 131 cm³/mol. The van der Waals surface area contributed by atoms with E-state index in [1.54, 1.807) is 0 Å². The van der Waals surface area contributed by atoms with Crippen LogP contribution in [0.4, 0.5) is 0 Å². The van der Waals surface area contributed by atoms with Gasteiger partial charge in [0.1, 0.15) is 5.65 Å². The smallest absolute Gasteiger partial charge is 0.147 e. The molecule has 0 saturated carbocycles. The molecule has 0 amide bonds. The van der Waals surface area contributed by atoms with Gasteiger partial charge in [-0.1, -0.05) is 62.3 Å². The molecule has 0 atom stereocenters. The van der Waals surface area contributed by atoms with E-state index in [4.69, 9.17) is 9.97 Å². The summed E-state index contributed by atoms with van der Waals surface area (Å²) in [5.41, 5.74) is 9.85. The second kappa shape index (κ2) is 5.68. The highest BCUT2D eigenvalue weighted by molar-refractivity contribution is 5.97. The number of aryl methyl sites for hydroxylation is 1. The third-order valence-corrected chi connectivity index (χ3v) is 8.90. The third kappa shape index (κ3) is 2.41. The third-order valence-electron chi connectivity index (χ3n) is 8.90. The van der Waals surface area contributed by atoms with Gasteiger partial charge in [-0.15, -0.1) is 0 Å². The fourth-order valence-corrected chi connectivity index (χ4v) is 5.60. The van der Waals surface area contributed by atoms with E-state index in [0.29, 0.717) is 0 Å². The average molecular weight is 414 g/mol. The van der Waals surface area contributed by atoms with Crippen LogP contribution >= 0.6 is 0 Å². The fourth-order valence-electron chi connectivity index (χ4n) is 5.60. The summed E-state index contributed by atoms with van der Waals surface area (Å²) in [6.45, 7) is 23.2. The van der Waals surface area contributed by atoms with Crippen LogP contribution in [-0.4, -0.2) is 14.4 Å². The van der Waals surface area contributed by atoms with E-state index >= 15 is 0 Å². The van der Waals surface area contributed by atoms with Gasteiger partial charge in [0.15, 0.2) is 0 Å². The van der Waals surface area contributed by atoms with Gasteiger partial charge in [0.05, 0.1) is 16.6 Å². The van der Waals surface area contributed by atoms with Crippen molar-refractivity contribution in [2.24, 2.45) is 5.41 Å². The van der Waals surface area contributed by atoms with Crippen molar-refractivity contribution in [1.82, 2.24) is 14.4 Å². The Hall–Kier alpha value is -2.42. The molecule has 0 spiro atoms. The standard InChI is InChI=1S/C28H35N3/c1-16-13-20-17(11-12-23(29-20)25(2,3)4)24-30-21-14-18-19(15-22(21)31(16)24)27(7,8)28(9,10)26(18,5)6/h11-15H,1-10H3. The van der Waals surface area contributed by atoms with Crippen LogP contribution < -0.4 is 0 Å². The van der Waals surface area contributed by atoms with Crippen LogP contribution in [0.3, 0.4) is 0 Å². The fraction of sp³-hybridized carbons (Fsp3) is 0.500. The molecule has 3 heterocycles. The van der Waals surface area contributed by atoms with Gasteiger partial charge < -0.3 is 0 Å². The first kappa shape index (κ1) is 20.5. The zero-order valence-electron chi connectivity index (χ0n) is 20.7. The molecular weight excluding hydrogens is 378 g/mol. The summed E-state index contributed by atoms with van der Waals surface area (Å²) in [7, 11) is 0. The first-order valence-electron chi connectivity index (χ1n) is 11.5. The average Bonchev–Trinajstić information content (AvgIpc) is 3.08. The second-order valence-corrected chi connectivity index (χ2v) is 12.2. The lowest BCUT2D eigenvalue weighted by atomic mass is 9.59.